The molecule has 1 fully saturated rings. The SMILES string of the molecule is Cc1ccc2c(c1)N(C(=O)C(=O)N1CCC(C)(N)CC1)CC2. The van der Waals surface area contributed by atoms with Gasteiger partial charge < -0.3 is 15.5 Å². The third-order valence-electron chi connectivity index (χ3n) is 4.76. The zero-order chi connectivity index (χ0) is 15.9. The molecule has 5 heteroatoms. The Kier molecular flexibility index (Phi) is 3.68. The van der Waals surface area contributed by atoms with Crippen molar-refractivity contribution >= 4 is 17.5 Å². The number of amides is 2. The van der Waals surface area contributed by atoms with Crippen LogP contribution in [0.5, 0.6) is 0 Å². The van der Waals surface area contributed by atoms with Crippen LogP contribution in [0, 0.1) is 6.92 Å². The first-order valence-corrected chi connectivity index (χ1v) is 7.87. The highest BCUT2D eigenvalue weighted by molar-refractivity contribution is 6.40. The van der Waals surface area contributed by atoms with Crippen molar-refractivity contribution in [2.24, 2.45) is 5.73 Å². The summed E-state index contributed by atoms with van der Waals surface area (Å²) in [6.45, 7) is 5.70. The van der Waals surface area contributed by atoms with Crippen molar-refractivity contribution in [1.82, 2.24) is 4.90 Å². The highest BCUT2D eigenvalue weighted by Gasteiger charge is 2.35. The Morgan fingerprint density at radius 2 is 1.82 bits per heavy atom. The van der Waals surface area contributed by atoms with E-state index in [-0.39, 0.29) is 5.54 Å². The summed E-state index contributed by atoms with van der Waals surface area (Å²) in [6.07, 6.45) is 2.29. The molecule has 2 aliphatic rings. The first-order valence-electron chi connectivity index (χ1n) is 7.87. The molecule has 118 valence electrons. The van der Waals surface area contributed by atoms with Crippen LogP contribution in [-0.2, 0) is 16.0 Å². The van der Waals surface area contributed by atoms with Gasteiger partial charge in [-0.1, -0.05) is 12.1 Å². The van der Waals surface area contributed by atoms with E-state index in [4.69, 9.17) is 5.73 Å². The lowest BCUT2D eigenvalue weighted by atomic mass is 9.91. The quantitative estimate of drug-likeness (QED) is 0.733. The van der Waals surface area contributed by atoms with E-state index in [0.717, 1.165) is 36.1 Å². The Morgan fingerprint density at radius 1 is 1.14 bits per heavy atom. The van der Waals surface area contributed by atoms with Crippen LogP contribution in [0.15, 0.2) is 18.2 Å². The van der Waals surface area contributed by atoms with E-state index >= 15 is 0 Å². The minimum atomic E-state index is -0.412. The van der Waals surface area contributed by atoms with Crippen molar-refractivity contribution in [3.63, 3.8) is 0 Å². The van der Waals surface area contributed by atoms with Crippen molar-refractivity contribution in [3.05, 3.63) is 29.3 Å². The molecule has 1 saturated heterocycles. The molecule has 1 aromatic carbocycles. The zero-order valence-corrected chi connectivity index (χ0v) is 13.3. The number of anilines is 1. The van der Waals surface area contributed by atoms with Crippen molar-refractivity contribution in [3.8, 4) is 0 Å². The maximum absolute atomic E-state index is 12.6. The van der Waals surface area contributed by atoms with E-state index in [2.05, 4.69) is 0 Å². The minimum Gasteiger partial charge on any atom is -0.334 e. The average Bonchev–Trinajstić information content (AvgIpc) is 2.88. The molecule has 2 heterocycles. The molecule has 2 N–H and O–H groups in total. The maximum atomic E-state index is 12.6. The molecule has 22 heavy (non-hydrogen) atoms. The van der Waals surface area contributed by atoms with Gasteiger partial charge in [-0.2, -0.15) is 0 Å². The summed E-state index contributed by atoms with van der Waals surface area (Å²) in [7, 11) is 0. The van der Waals surface area contributed by atoms with Crippen LogP contribution in [0.1, 0.15) is 30.9 Å². The third-order valence-corrected chi connectivity index (χ3v) is 4.76. The smallest absolute Gasteiger partial charge is 0.316 e. The topological polar surface area (TPSA) is 66.6 Å². The summed E-state index contributed by atoms with van der Waals surface area (Å²) in [6, 6.07) is 6.07. The molecule has 2 aliphatic heterocycles. The number of fused-ring (bicyclic) bond motifs is 1. The largest absolute Gasteiger partial charge is 0.334 e. The fourth-order valence-corrected chi connectivity index (χ4v) is 3.17. The van der Waals surface area contributed by atoms with Crippen molar-refractivity contribution < 1.29 is 9.59 Å². The van der Waals surface area contributed by atoms with Crippen molar-refractivity contribution in [2.75, 3.05) is 24.5 Å². The molecule has 0 saturated carbocycles. The van der Waals surface area contributed by atoms with Gasteiger partial charge in [0.05, 0.1) is 0 Å². The van der Waals surface area contributed by atoms with Crippen LogP contribution in [0.3, 0.4) is 0 Å². The first-order chi connectivity index (χ1) is 10.4. The predicted molar refractivity (Wildman–Crippen MR) is 85.6 cm³/mol. The summed E-state index contributed by atoms with van der Waals surface area (Å²) in [4.78, 5) is 28.3. The normalized spacial score (nSPS) is 20.0. The van der Waals surface area contributed by atoms with E-state index in [0.29, 0.717) is 19.6 Å². The van der Waals surface area contributed by atoms with E-state index in [1.807, 2.05) is 32.0 Å². The second-order valence-electron chi connectivity index (χ2n) is 6.79. The maximum Gasteiger partial charge on any atom is 0.316 e. The number of nitrogens with zero attached hydrogens (tertiary/aromatic N) is 2. The molecular weight excluding hydrogens is 278 g/mol. The molecule has 0 aromatic heterocycles. The lowest BCUT2D eigenvalue weighted by molar-refractivity contribution is -0.145. The van der Waals surface area contributed by atoms with Gasteiger partial charge in [0.2, 0.25) is 0 Å². The van der Waals surface area contributed by atoms with Crippen LogP contribution in [0.4, 0.5) is 5.69 Å². The molecule has 0 radical (unpaired) electrons. The summed E-state index contributed by atoms with van der Waals surface area (Å²) >= 11 is 0. The van der Waals surface area contributed by atoms with Gasteiger partial charge in [-0.3, -0.25) is 9.59 Å². The number of likely N-dealkylation sites (tertiary alicyclic amines) is 1. The van der Waals surface area contributed by atoms with Gasteiger partial charge in [0, 0.05) is 30.9 Å². The van der Waals surface area contributed by atoms with Gasteiger partial charge in [-0.05, 0) is 50.3 Å². The Balaban J connectivity index is 1.73. The second-order valence-corrected chi connectivity index (χ2v) is 6.79. The molecule has 3 rings (SSSR count). The molecule has 0 aliphatic carbocycles. The highest BCUT2D eigenvalue weighted by atomic mass is 16.2. The predicted octanol–water partition coefficient (Wildman–Crippen LogP) is 1.22. The van der Waals surface area contributed by atoms with Gasteiger partial charge in [-0.15, -0.1) is 0 Å². The molecule has 0 atom stereocenters. The van der Waals surface area contributed by atoms with Crippen LogP contribution < -0.4 is 10.6 Å². The van der Waals surface area contributed by atoms with Crippen LogP contribution >= 0.6 is 0 Å². The zero-order valence-electron chi connectivity index (χ0n) is 13.3. The molecular formula is C17H23N3O2. The first kappa shape index (κ1) is 15.0. The third kappa shape index (κ3) is 2.73. The summed E-state index contributed by atoms with van der Waals surface area (Å²) in [5.74, 6) is -0.810. The lowest BCUT2D eigenvalue weighted by Crippen LogP contribution is -2.53. The number of carbonyl (C=O) groups excluding carboxylic acids is 2. The lowest BCUT2D eigenvalue weighted by Gasteiger charge is -2.36. The number of carbonyl (C=O) groups is 2. The Hall–Kier alpha value is -1.88. The summed E-state index contributed by atoms with van der Waals surface area (Å²) < 4.78 is 0. The molecule has 5 nitrogen and oxygen atoms in total. The second kappa shape index (κ2) is 5.39. The molecule has 0 spiro atoms. The van der Waals surface area contributed by atoms with Gasteiger partial charge in [-0.25, -0.2) is 0 Å². The van der Waals surface area contributed by atoms with E-state index in [1.165, 1.54) is 0 Å². The number of hydrogen-bond donors (Lipinski definition) is 1. The summed E-state index contributed by atoms with van der Waals surface area (Å²) in [5.41, 5.74) is 8.99. The van der Waals surface area contributed by atoms with E-state index in [9.17, 15) is 9.59 Å². The fraction of sp³-hybridized carbons (Fsp3) is 0.529. The Morgan fingerprint density at radius 3 is 2.50 bits per heavy atom. The number of aryl methyl sites for hydroxylation is 1. The van der Waals surface area contributed by atoms with Gasteiger partial charge in [0.25, 0.3) is 0 Å². The number of piperidine rings is 1. The van der Waals surface area contributed by atoms with E-state index in [1.54, 1.807) is 9.80 Å². The number of benzene rings is 1. The molecule has 0 bridgehead atoms. The van der Waals surface area contributed by atoms with E-state index < -0.39 is 11.8 Å². The standard InChI is InChI=1S/C17H23N3O2/c1-12-3-4-13-5-8-20(14(13)11-12)16(22)15(21)19-9-6-17(2,18)7-10-19/h3-4,11H,5-10,18H2,1-2H3. The van der Waals surface area contributed by atoms with Crippen molar-refractivity contribution in [1.29, 1.82) is 0 Å². The van der Waals surface area contributed by atoms with Gasteiger partial charge in [0.1, 0.15) is 0 Å². The highest BCUT2D eigenvalue weighted by Crippen LogP contribution is 2.29. The minimum absolute atomic E-state index is 0.225. The monoisotopic (exact) mass is 301 g/mol. The Labute approximate surface area is 131 Å². The fourth-order valence-electron chi connectivity index (χ4n) is 3.17. The summed E-state index contributed by atoms with van der Waals surface area (Å²) in [5, 5.41) is 0. The number of nitrogens with two attached hydrogens (primary N) is 1. The van der Waals surface area contributed by atoms with Crippen LogP contribution in [0.25, 0.3) is 0 Å². The van der Waals surface area contributed by atoms with Gasteiger partial charge >= 0.3 is 11.8 Å². The van der Waals surface area contributed by atoms with Crippen LogP contribution in [-0.4, -0.2) is 41.9 Å². The Bertz CT molecular complexity index is 614. The van der Waals surface area contributed by atoms with Gasteiger partial charge in [0.15, 0.2) is 0 Å². The molecule has 0 unspecified atom stereocenters. The molecule has 1 aromatic rings. The molecule has 2 amide bonds. The average molecular weight is 301 g/mol. The number of rotatable bonds is 0. The van der Waals surface area contributed by atoms with Crippen LogP contribution in [0.2, 0.25) is 0 Å². The van der Waals surface area contributed by atoms with Crippen molar-refractivity contribution in [2.45, 2.75) is 38.6 Å². The number of hydrogen-bond acceptors (Lipinski definition) is 3.